The van der Waals surface area contributed by atoms with Crippen LogP contribution in [-0.4, -0.2) is 175 Å². The van der Waals surface area contributed by atoms with E-state index >= 15 is 0 Å². The Labute approximate surface area is 228 Å². The first kappa shape index (κ1) is 34.6. The Hall–Kier alpha value is -1.62. The van der Waals surface area contributed by atoms with E-state index in [9.17, 15) is 60.7 Å². The molecule has 234 valence electrons. The van der Waals surface area contributed by atoms with Crippen molar-refractivity contribution in [3.63, 3.8) is 0 Å². The van der Waals surface area contributed by atoms with Crippen LogP contribution in [0.25, 0.3) is 0 Å². The van der Waals surface area contributed by atoms with Crippen LogP contribution in [0.2, 0.25) is 0 Å². The number of ether oxygens (including phenoxy) is 4. The summed E-state index contributed by atoms with van der Waals surface area (Å²) in [7, 11) is 0. The second kappa shape index (κ2) is 15.6. The first-order valence-electron chi connectivity index (χ1n) is 12.5. The third-order valence-electron chi connectivity index (χ3n) is 6.54. The van der Waals surface area contributed by atoms with E-state index in [1.165, 1.54) is 0 Å². The maximum absolute atomic E-state index is 12.0. The molecule has 40 heavy (non-hydrogen) atoms. The standard InChI is InChI=1S/C22H40N2O16/c1-7(28)23-9(3-25)14(31)15(32)10(30)6-37-21-13(24-8(2)29)20(17(34)12(5-27)38-21)40-22-19(36)18(35)16(33)11(4-26)39-22/h9-22,25-27,30-36H,3-6H2,1-2H3,(H,23,28)(H,24,29)/t9-,10+,11+,12+,13+,14+,15-,16-,17+,18-,19+,20+,21+,22-/m0/s1. The summed E-state index contributed by atoms with van der Waals surface area (Å²) in [5.41, 5.74) is 0. The van der Waals surface area contributed by atoms with Crippen LogP contribution in [0.1, 0.15) is 13.8 Å². The van der Waals surface area contributed by atoms with E-state index in [0.29, 0.717) is 0 Å². The number of hydrogen-bond acceptors (Lipinski definition) is 16. The maximum Gasteiger partial charge on any atom is 0.217 e. The summed E-state index contributed by atoms with van der Waals surface area (Å²) in [6.45, 7) is -0.919. The summed E-state index contributed by atoms with van der Waals surface area (Å²) in [6.07, 6.45) is -20.4. The fraction of sp³-hybridized carbons (Fsp3) is 0.909. The van der Waals surface area contributed by atoms with Crippen molar-refractivity contribution >= 4 is 11.8 Å². The molecule has 2 heterocycles. The highest BCUT2D eigenvalue weighted by atomic mass is 16.7. The van der Waals surface area contributed by atoms with Gasteiger partial charge in [0, 0.05) is 13.8 Å². The van der Waals surface area contributed by atoms with E-state index in [2.05, 4.69) is 10.6 Å². The molecule has 0 radical (unpaired) electrons. The highest BCUT2D eigenvalue weighted by Gasteiger charge is 2.51. The smallest absolute Gasteiger partial charge is 0.217 e. The number of aliphatic hydroxyl groups excluding tert-OH is 10. The van der Waals surface area contributed by atoms with Gasteiger partial charge in [0.25, 0.3) is 0 Å². The monoisotopic (exact) mass is 588 g/mol. The van der Waals surface area contributed by atoms with Gasteiger partial charge in [-0.05, 0) is 0 Å². The largest absolute Gasteiger partial charge is 0.394 e. The number of hydrogen-bond donors (Lipinski definition) is 12. The molecule has 12 N–H and O–H groups in total. The molecule has 18 heteroatoms. The molecule has 0 aliphatic carbocycles. The molecule has 2 aliphatic heterocycles. The second-order valence-electron chi connectivity index (χ2n) is 9.61. The first-order valence-corrected chi connectivity index (χ1v) is 12.5. The van der Waals surface area contributed by atoms with Crippen molar-refractivity contribution in [2.75, 3.05) is 26.4 Å². The normalized spacial score (nSPS) is 37.7. The minimum absolute atomic E-state index is 0.621. The Balaban J connectivity index is 2.22. The molecule has 0 aromatic carbocycles. The molecule has 14 atom stereocenters. The number of carbonyl (C=O) groups excluding carboxylic acids is 2. The molecule has 0 aromatic heterocycles. The van der Waals surface area contributed by atoms with Crippen LogP contribution in [0, 0.1) is 0 Å². The summed E-state index contributed by atoms with van der Waals surface area (Å²) >= 11 is 0. The van der Waals surface area contributed by atoms with E-state index < -0.39 is 124 Å². The molecular formula is C22H40N2O16. The summed E-state index contributed by atoms with van der Waals surface area (Å²) in [4.78, 5) is 23.2. The lowest BCUT2D eigenvalue weighted by molar-refractivity contribution is -0.346. The molecule has 2 rings (SSSR count). The third kappa shape index (κ3) is 8.46. The summed E-state index contributed by atoms with van der Waals surface area (Å²) in [5.74, 6) is -1.31. The molecule has 2 aliphatic rings. The van der Waals surface area contributed by atoms with Crippen molar-refractivity contribution in [1.29, 1.82) is 0 Å². The molecular weight excluding hydrogens is 548 g/mol. The van der Waals surface area contributed by atoms with Crippen LogP contribution in [0.15, 0.2) is 0 Å². The van der Waals surface area contributed by atoms with Crippen molar-refractivity contribution in [3.8, 4) is 0 Å². The van der Waals surface area contributed by atoms with Gasteiger partial charge in [-0.15, -0.1) is 0 Å². The maximum atomic E-state index is 12.0. The van der Waals surface area contributed by atoms with Gasteiger partial charge in [0.1, 0.15) is 67.1 Å². The average Bonchev–Trinajstić information content (AvgIpc) is 2.91. The highest BCUT2D eigenvalue weighted by Crippen LogP contribution is 2.30. The van der Waals surface area contributed by atoms with Crippen molar-refractivity contribution in [2.24, 2.45) is 0 Å². The van der Waals surface area contributed by atoms with Gasteiger partial charge in [-0.3, -0.25) is 9.59 Å². The van der Waals surface area contributed by atoms with Crippen LogP contribution >= 0.6 is 0 Å². The Kier molecular flexibility index (Phi) is 13.5. The Morgan fingerprint density at radius 3 is 1.90 bits per heavy atom. The molecule has 2 amide bonds. The number of aliphatic hydroxyl groups is 10. The van der Waals surface area contributed by atoms with E-state index in [1.54, 1.807) is 0 Å². The number of amides is 2. The summed E-state index contributed by atoms with van der Waals surface area (Å²) in [5, 5.41) is 105. The third-order valence-corrected chi connectivity index (χ3v) is 6.54. The minimum Gasteiger partial charge on any atom is -0.394 e. The zero-order valence-corrected chi connectivity index (χ0v) is 21.8. The van der Waals surface area contributed by atoms with Crippen molar-refractivity contribution in [2.45, 2.75) is 99.6 Å². The molecule has 2 saturated heterocycles. The van der Waals surface area contributed by atoms with Crippen molar-refractivity contribution in [1.82, 2.24) is 10.6 Å². The van der Waals surface area contributed by atoms with Gasteiger partial charge in [0.2, 0.25) is 11.8 Å². The highest BCUT2D eigenvalue weighted by molar-refractivity contribution is 5.73. The van der Waals surface area contributed by atoms with Gasteiger partial charge in [0.05, 0.1) is 32.5 Å². The number of nitrogens with one attached hydrogen (secondary N) is 2. The van der Waals surface area contributed by atoms with Gasteiger partial charge >= 0.3 is 0 Å². The zero-order chi connectivity index (χ0) is 30.3. The fourth-order valence-electron chi connectivity index (χ4n) is 4.35. The SMILES string of the molecule is CC(=O)N[C@H]1[C@H](OC[C@@H](O)[C@H](O)[C@H](O)[C@H](CO)NC(C)=O)O[C@H](CO)[C@@H](O)[C@@H]1O[C@@H]1O[C@H](CO)[C@H](O)[C@H](O)[C@H]1O. The lowest BCUT2D eigenvalue weighted by Gasteiger charge is -2.47. The average molecular weight is 589 g/mol. The Bertz CT molecular complexity index is 807. The molecule has 2 fully saturated rings. The molecule has 18 nitrogen and oxygen atoms in total. The quantitative estimate of drug-likeness (QED) is 0.0950. The van der Waals surface area contributed by atoms with Gasteiger partial charge in [-0.25, -0.2) is 0 Å². The van der Waals surface area contributed by atoms with E-state index in [-0.39, 0.29) is 0 Å². The van der Waals surface area contributed by atoms with Crippen LogP contribution in [0.3, 0.4) is 0 Å². The van der Waals surface area contributed by atoms with Crippen LogP contribution in [0.4, 0.5) is 0 Å². The molecule has 0 spiro atoms. The van der Waals surface area contributed by atoms with E-state index in [4.69, 9.17) is 18.9 Å². The van der Waals surface area contributed by atoms with Crippen molar-refractivity contribution in [3.05, 3.63) is 0 Å². The number of rotatable bonds is 13. The van der Waals surface area contributed by atoms with E-state index in [1.807, 2.05) is 0 Å². The van der Waals surface area contributed by atoms with Gasteiger partial charge in [-0.1, -0.05) is 0 Å². The number of carbonyl (C=O) groups is 2. The Morgan fingerprint density at radius 1 is 0.800 bits per heavy atom. The lowest BCUT2D eigenvalue weighted by Crippen LogP contribution is -2.68. The van der Waals surface area contributed by atoms with Gasteiger partial charge in [-0.2, -0.15) is 0 Å². The Morgan fingerprint density at radius 2 is 1.38 bits per heavy atom. The first-order chi connectivity index (χ1) is 18.8. The fourth-order valence-corrected chi connectivity index (χ4v) is 4.35. The van der Waals surface area contributed by atoms with Crippen LogP contribution < -0.4 is 10.6 Å². The van der Waals surface area contributed by atoms with Crippen LogP contribution in [0.5, 0.6) is 0 Å². The molecule has 0 aromatic rings. The predicted molar refractivity (Wildman–Crippen MR) is 127 cm³/mol. The minimum atomic E-state index is -1.95. The summed E-state index contributed by atoms with van der Waals surface area (Å²) in [6, 6.07) is -2.76. The zero-order valence-electron chi connectivity index (χ0n) is 21.8. The van der Waals surface area contributed by atoms with E-state index in [0.717, 1.165) is 13.8 Å². The van der Waals surface area contributed by atoms with Gasteiger partial charge < -0.3 is 80.6 Å². The molecule has 0 unspecified atom stereocenters. The summed E-state index contributed by atoms with van der Waals surface area (Å²) < 4.78 is 21.9. The second-order valence-corrected chi connectivity index (χ2v) is 9.61. The topological polar surface area (TPSA) is 297 Å². The molecule has 0 saturated carbocycles. The van der Waals surface area contributed by atoms with Crippen molar-refractivity contribution < 1.29 is 79.6 Å². The van der Waals surface area contributed by atoms with Gasteiger partial charge in [0.15, 0.2) is 12.6 Å². The lowest BCUT2D eigenvalue weighted by atomic mass is 9.95. The van der Waals surface area contributed by atoms with Crippen LogP contribution in [-0.2, 0) is 28.5 Å². The predicted octanol–water partition coefficient (Wildman–Crippen LogP) is -7.65. The molecule has 0 bridgehead atoms.